The Balaban J connectivity index is 1.90. The molecule has 0 aliphatic carbocycles. The molecule has 0 amide bonds. The van der Waals surface area contributed by atoms with Crippen molar-refractivity contribution in [3.63, 3.8) is 0 Å². The monoisotopic (exact) mass is 285 g/mol. The van der Waals surface area contributed by atoms with E-state index in [9.17, 15) is 0 Å². The molecular formula is C17H16ClNO. The molecule has 1 heterocycles. The molecule has 3 heteroatoms. The molecule has 0 saturated carbocycles. The summed E-state index contributed by atoms with van der Waals surface area (Å²) in [6, 6.07) is 14.0. The third-order valence-electron chi connectivity index (χ3n) is 3.56. The van der Waals surface area contributed by atoms with Gasteiger partial charge in [-0.05, 0) is 37.6 Å². The largest absolute Gasteiger partial charge is 0.461 e. The third kappa shape index (κ3) is 2.39. The van der Waals surface area contributed by atoms with Crippen LogP contribution in [-0.4, -0.2) is 0 Å². The lowest BCUT2D eigenvalue weighted by Crippen LogP contribution is -2.01. The third-order valence-corrected chi connectivity index (χ3v) is 3.79. The lowest BCUT2D eigenvalue weighted by molar-refractivity contribution is 0.573. The summed E-state index contributed by atoms with van der Waals surface area (Å²) in [6.07, 6.45) is 0. The van der Waals surface area contributed by atoms with Gasteiger partial charge in [-0.15, -0.1) is 0 Å². The van der Waals surface area contributed by atoms with E-state index >= 15 is 0 Å². The Kier molecular flexibility index (Phi) is 3.41. The summed E-state index contributed by atoms with van der Waals surface area (Å²) in [5, 5.41) is 5.35. The topological polar surface area (TPSA) is 25.2 Å². The van der Waals surface area contributed by atoms with E-state index in [1.165, 1.54) is 11.1 Å². The van der Waals surface area contributed by atoms with Crippen LogP contribution in [0.15, 0.2) is 46.9 Å². The second-order valence-electron chi connectivity index (χ2n) is 4.95. The van der Waals surface area contributed by atoms with E-state index in [4.69, 9.17) is 16.0 Å². The number of fused-ring (bicyclic) bond motifs is 1. The number of hydrogen-bond donors (Lipinski definition) is 1. The van der Waals surface area contributed by atoms with Gasteiger partial charge in [0.1, 0.15) is 11.3 Å². The molecule has 1 N–H and O–H groups in total. The number of para-hydroxylation sites is 1. The highest BCUT2D eigenvalue weighted by Gasteiger charge is 2.10. The van der Waals surface area contributed by atoms with Crippen LogP contribution < -0.4 is 5.32 Å². The van der Waals surface area contributed by atoms with Gasteiger partial charge in [0.15, 0.2) is 0 Å². The van der Waals surface area contributed by atoms with Crippen molar-refractivity contribution < 1.29 is 4.42 Å². The van der Waals surface area contributed by atoms with Gasteiger partial charge in [0.25, 0.3) is 0 Å². The van der Waals surface area contributed by atoms with Crippen molar-refractivity contribution in [2.24, 2.45) is 0 Å². The summed E-state index contributed by atoms with van der Waals surface area (Å²) in [6.45, 7) is 4.80. The SMILES string of the molecule is Cc1ccc(Cl)cc1NCc1c(C)oc2ccccc12. The van der Waals surface area contributed by atoms with E-state index in [0.29, 0.717) is 0 Å². The lowest BCUT2D eigenvalue weighted by atomic mass is 10.1. The summed E-state index contributed by atoms with van der Waals surface area (Å²) < 4.78 is 5.78. The zero-order valence-corrected chi connectivity index (χ0v) is 12.3. The van der Waals surface area contributed by atoms with Crippen LogP contribution in [0.5, 0.6) is 0 Å². The smallest absolute Gasteiger partial charge is 0.134 e. The zero-order chi connectivity index (χ0) is 14.1. The predicted molar refractivity (Wildman–Crippen MR) is 84.5 cm³/mol. The van der Waals surface area contributed by atoms with Gasteiger partial charge in [-0.2, -0.15) is 0 Å². The first-order valence-corrected chi connectivity index (χ1v) is 7.00. The van der Waals surface area contributed by atoms with Crippen LogP contribution in [-0.2, 0) is 6.54 Å². The molecule has 0 aliphatic heterocycles. The Morgan fingerprint density at radius 1 is 1.10 bits per heavy atom. The number of aryl methyl sites for hydroxylation is 2. The van der Waals surface area contributed by atoms with Crippen molar-refractivity contribution in [1.82, 2.24) is 0 Å². The molecule has 0 radical (unpaired) electrons. The van der Waals surface area contributed by atoms with E-state index in [-0.39, 0.29) is 0 Å². The fourth-order valence-corrected chi connectivity index (χ4v) is 2.58. The minimum Gasteiger partial charge on any atom is -0.461 e. The molecule has 0 unspecified atom stereocenters. The molecule has 0 atom stereocenters. The molecule has 3 aromatic rings. The van der Waals surface area contributed by atoms with Gasteiger partial charge in [0, 0.05) is 28.2 Å². The van der Waals surface area contributed by atoms with Gasteiger partial charge in [-0.1, -0.05) is 35.9 Å². The van der Waals surface area contributed by atoms with Crippen LogP contribution in [0, 0.1) is 13.8 Å². The second kappa shape index (κ2) is 5.22. The van der Waals surface area contributed by atoms with E-state index in [1.807, 2.05) is 43.3 Å². The van der Waals surface area contributed by atoms with Crippen molar-refractivity contribution in [2.45, 2.75) is 20.4 Å². The van der Waals surface area contributed by atoms with E-state index in [0.717, 1.165) is 34.0 Å². The Hall–Kier alpha value is -1.93. The number of anilines is 1. The second-order valence-corrected chi connectivity index (χ2v) is 5.38. The van der Waals surface area contributed by atoms with Crippen molar-refractivity contribution in [2.75, 3.05) is 5.32 Å². The number of nitrogens with one attached hydrogen (secondary N) is 1. The molecule has 0 bridgehead atoms. The van der Waals surface area contributed by atoms with Gasteiger partial charge in [0.05, 0.1) is 0 Å². The van der Waals surface area contributed by atoms with Gasteiger partial charge in [-0.25, -0.2) is 0 Å². The summed E-state index contributed by atoms with van der Waals surface area (Å²) in [4.78, 5) is 0. The summed E-state index contributed by atoms with van der Waals surface area (Å²) in [5.74, 6) is 0.957. The van der Waals surface area contributed by atoms with Gasteiger partial charge in [-0.3, -0.25) is 0 Å². The summed E-state index contributed by atoms with van der Waals surface area (Å²) in [7, 11) is 0. The first-order chi connectivity index (χ1) is 9.65. The maximum atomic E-state index is 6.05. The number of hydrogen-bond acceptors (Lipinski definition) is 2. The number of benzene rings is 2. The highest BCUT2D eigenvalue weighted by molar-refractivity contribution is 6.30. The number of furan rings is 1. The zero-order valence-electron chi connectivity index (χ0n) is 11.5. The van der Waals surface area contributed by atoms with Crippen molar-refractivity contribution in [1.29, 1.82) is 0 Å². The van der Waals surface area contributed by atoms with Crippen LogP contribution in [0.2, 0.25) is 5.02 Å². The predicted octanol–water partition coefficient (Wildman–Crippen LogP) is 5.32. The molecule has 3 rings (SSSR count). The standard InChI is InChI=1S/C17H16ClNO/c1-11-7-8-13(18)9-16(11)19-10-15-12(2)20-17-6-4-3-5-14(15)17/h3-9,19H,10H2,1-2H3. The van der Waals surface area contributed by atoms with E-state index in [1.54, 1.807) is 0 Å². The van der Waals surface area contributed by atoms with Crippen LogP contribution in [0.4, 0.5) is 5.69 Å². The van der Waals surface area contributed by atoms with Crippen LogP contribution in [0.3, 0.4) is 0 Å². The van der Waals surface area contributed by atoms with Gasteiger partial charge >= 0.3 is 0 Å². The highest BCUT2D eigenvalue weighted by Crippen LogP contribution is 2.27. The van der Waals surface area contributed by atoms with Crippen molar-refractivity contribution >= 4 is 28.3 Å². The van der Waals surface area contributed by atoms with E-state index in [2.05, 4.69) is 18.3 Å². The van der Waals surface area contributed by atoms with E-state index < -0.39 is 0 Å². The van der Waals surface area contributed by atoms with Crippen LogP contribution in [0.25, 0.3) is 11.0 Å². The van der Waals surface area contributed by atoms with Crippen LogP contribution in [0.1, 0.15) is 16.9 Å². The van der Waals surface area contributed by atoms with Crippen molar-refractivity contribution in [3.8, 4) is 0 Å². The maximum absolute atomic E-state index is 6.05. The van der Waals surface area contributed by atoms with Gasteiger partial charge < -0.3 is 9.73 Å². The molecule has 0 fully saturated rings. The Morgan fingerprint density at radius 3 is 2.75 bits per heavy atom. The molecule has 2 aromatic carbocycles. The number of rotatable bonds is 3. The molecular weight excluding hydrogens is 270 g/mol. The Bertz CT molecular complexity index is 761. The summed E-state index contributed by atoms with van der Waals surface area (Å²) >= 11 is 6.05. The molecule has 0 saturated heterocycles. The highest BCUT2D eigenvalue weighted by atomic mass is 35.5. The minimum absolute atomic E-state index is 0.726. The molecule has 1 aromatic heterocycles. The lowest BCUT2D eigenvalue weighted by Gasteiger charge is -2.09. The van der Waals surface area contributed by atoms with Crippen molar-refractivity contribution in [3.05, 3.63) is 64.4 Å². The summed E-state index contributed by atoms with van der Waals surface area (Å²) in [5.41, 5.74) is 4.37. The van der Waals surface area contributed by atoms with Crippen LogP contribution >= 0.6 is 11.6 Å². The average molecular weight is 286 g/mol. The quantitative estimate of drug-likeness (QED) is 0.705. The number of halogens is 1. The fourth-order valence-electron chi connectivity index (χ4n) is 2.41. The molecule has 0 aliphatic rings. The normalized spacial score (nSPS) is 10.9. The maximum Gasteiger partial charge on any atom is 0.134 e. The minimum atomic E-state index is 0.726. The fraction of sp³-hybridized carbons (Fsp3) is 0.176. The molecule has 0 spiro atoms. The first kappa shape index (κ1) is 13.1. The Morgan fingerprint density at radius 2 is 1.90 bits per heavy atom. The average Bonchev–Trinajstić information content (AvgIpc) is 2.75. The molecule has 102 valence electrons. The van der Waals surface area contributed by atoms with Gasteiger partial charge in [0.2, 0.25) is 0 Å². The molecule has 20 heavy (non-hydrogen) atoms. The first-order valence-electron chi connectivity index (χ1n) is 6.62. The molecule has 2 nitrogen and oxygen atoms in total. The Labute approximate surface area is 123 Å².